The van der Waals surface area contributed by atoms with E-state index >= 15 is 0 Å². The van der Waals surface area contributed by atoms with Crippen LogP contribution in [-0.2, 0) is 14.3 Å². The van der Waals surface area contributed by atoms with Crippen LogP contribution >= 0.6 is 11.6 Å². The van der Waals surface area contributed by atoms with Crippen LogP contribution in [0.2, 0.25) is 5.02 Å². The third-order valence-electron chi connectivity index (χ3n) is 5.19. The first-order valence-electron chi connectivity index (χ1n) is 10.8. The van der Waals surface area contributed by atoms with Gasteiger partial charge in [-0.3, -0.25) is 4.79 Å². The van der Waals surface area contributed by atoms with E-state index in [1.165, 1.54) is 7.11 Å². The summed E-state index contributed by atoms with van der Waals surface area (Å²) in [5.74, 6) is -0.703. The molecule has 0 saturated heterocycles. The van der Waals surface area contributed by atoms with E-state index in [2.05, 4.69) is 0 Å². The zero-order valence-electron chi connectivity index (χ0n) is 20.5. The van der Waals surface area contributed by atoms with Gasteiger partial charge in [-0.25, -0.2) is 0 Å². The molecule has 0 radical (unpaired) electrons. The molecule has 9 heteroatoms. The predicted molar refractivity (Wildman–Crippen MR) is 124 cm³/mol. The van der Waals surface area contributed by atoms with Gasteiger partial charge < -0.3 is 29.0 Å². The van der Waals surface area contributed by atoms with Crippen molar-refractivity contribution in [2.24, 2.45) is 5.41 Å². The second kappa shape index (κ2) is 11.8. The number of rotatable bonds is 7. The largest absolute Gasteiger partial charge is 1.00 e. The molecule has 0 N–H and O–H groups in total. The van der Waals surface area contributed by atoms with Crippen LogP contribution in [0.25, 0.3) is 0 Å². The van der Waals surface area contributed by atoms with Gasteiger partial charge in [0.25, 0.3) is 5.91 Å². The van der Waals surface area contributed by atoms with Gasteiger partial charge in [-0.1, -0.05) is 32.4 Å². The summed E-state index contributed by atoms with van der Waals surface area (Å²) in [6, 6.07) is 10.5. The number of halogens is 1. The first-order chi connectivity index (χ1) is 15.5. The summed E-state index contributed by atoms with van der Waals surface area (Å²) in [7, 11) is 1.53. The van der Waals surface area contributed by atoms with Gasteiger partial charge in [-0.2, -0.15) is 0 Å². The van der Waals surface area contributed by atoms with Crippen LogP contribution in [0.5, 0.6) is 11.5 Å². The van der Waals surface area contributed by atoms with E-state index in [0.717, 1.165) is 0 Å². The van der Waals surface area contributed by atoms with E-state index in [1.807, 2.05) is 27.7 Å². The minimum Gasteiger partial charge on any atom is -0.550 e. The summed E-state index contributed by atoms with van der Waals surface area (Å²) in [6.45, 7) is 8.74. The fourth-order valence-corrected chi connectivity index (χ4v) is 4.08. The monoisotopic (exact) mass is 497 g/mol. The normalized spacial score (nSPS) is 17.9. The molecule has 1 amide bonds. The summed E-state index contributed by atoms with van der Waals surface area (Å²) in [4.78, 5) is 26.6. The molecule has 0 bridgehead atoms. The molecule has 0 fully saturated rings. The number of carbonyl (C=O) groups is 2. The molecule has 0 saturated carbocycles. The predicted octanol–water partition coefficient (Wildman–Crippen LogP) is 0.759. The van der Waals surface area contributed by atoms with Crippen LogP contribution in [0.4, 0.5) is 5.69 Å². The number of fused-ring (bicyclic) bond motifs is 1. The molecule has 1 heterocycles. The Morgan fingerprint density at radius 2 is 1.88 bits per heavy atom. The molecule has 178 valence electrons. The molecule has 0 aromatic heterocycles. The SMILES string of the molecule is CCOc1ccc([C@H]2O[C@H](CC(=O)[O-])C(=O)N(CC(C)(C)C)c3ccc(Cl)cc32)c(OC)c1.[Na+]. The number of carboxylic acids is 1. The number of carboxylic acid groups (broad SMARTS) is 1. The van der Waals surface area contributed by atoms with E-state index in [1.54, 1.807) is 41.3 Å². The minimum absolute atomic E-state index is 0. The van der Waals surface area contributed by atoms with E-state index in [-0.39, 0.29) is 35.0 Å². The molecule has 1 aliphatic heterocycles. The molecular weight excluding hydrogens is 469 g/mol. The van der Waals surface area contributed by atoms with Gasteiger partial charge in [0.15, 0.2) is 0 Å². The Balaban J connectivity index is 0.00000408. The van der Waals surface area contributed by atoms with Crippen molar-refractivity contribution in [3.05, 3.63) is 52.5 Å². The number of hydrogen-bond donors (Lipinski definition) is 0. The number of aliphatic carboxylic acids is 1. The van der Waals surface area contributed by atoms with Crippen LogP contribution in [0.1, 0.15) is 51.3 Å². The smallest absolute Gasteiger partial charge is 0.550 e. The van der Waals surface area contributed by atoms with Crippen LogP contribution in [0, 0.1) is 5.41 Å². The Hall–Kier alpha value is -1.77. The van der Waals surface area contributed by atoms with Crippen LogP contribution in [0.15, 0.2) is 36.4 Å². The third-order valence-corrected chi connectivity index (χ3v) is 5.42. The summed E-state index contributed by atoms with van der Waals surface area (Å²) in [6.07, 6.45) is -2.62. The second-order valence-electron chi connectivity index (χ2n) is 9.11. The van der Waals surface area contributed by atoms with Crippen LogP contribution in [0.3, 0.4) is 0 Å². The molecule has 7 nitrogen and oxygen atoms in total. The number of benzene rings is 2. The average molecular weight is 498 g/mol. The van der Waals surface area contributed by atoms with Crippen molar-refractivity contribution in [3.63, 3.8) is 0 Å². The molecule has 2 aromatic carbocycles. The molecule has 0 spiro atoms. The number of hydrogen-bond acceptors (Lipinski definition) is 6. The zero-order chi connectivity index (χ0) is 24.3. The van der Waals surface area contributed by atoms with Gasteiger partial charge in [-0.15, -0.1) is 0 Å². The molecule has 3 rings (SSSR count). The van der Waals surface area contributed by atoms with E-state index < -0.39 is 30.5 Å². The number of carbonyl (C=O) groups excluding carboxylic acids is 2. The Labute approximate surface area is 227 Å². The second-order valence-corrected chi connectivity index (χ2v) is 9.54. The van der Waals surface area contributed by atoms with Crippen molar-refractivity contribution < 1.29 is 58.5 Å². The molecule has 2 aromatic rings. The molecule has 34 heavy (non-hydrogen) atoms. The third kappa shape index (κ3) is 6.67. The van der Waals surface area contributed by atoms with Crippen molar-refractivity contribution >= 4 is 29.2 Å². The Kier molecular flexibility index (Phi) is 9.86. The number of nitrogens with zero attached hydrogens (tertiary/aromatic N) is 1. The van der Waals surface area contributed by atoms with Gasteiger partial charge in [0.1, 0.15) is 23.7 Å². The maximum atomic E-state index is 13.5. The molecule has 1 aliphatic rings. The molecule has 0 aliphatic carbocycles. The van der Waals surface area contributed by atoms with Crippen molar-refractivity contribution in [1.82, 2.24) is 0 Å². The van der Waals surface area contributed by atoms with E-state index in [9.17, 15) is 14.7 Å². The van der Waals surface area contributed by atoms with Crippen LogP contribution in [-0.4, -0.2) is 38.2 Å². The number of amides is 1. The van der Waals surface area contributed by atoms with Crippen molar-refractivity contribution in [2.45, 2.75) is 46.3 Å². The number of ether oxygens (including phenoxy) is 3. The summed E-state index contributed by atoms with van der Waals surface area (Å²) in [5, 5.41) is 12.0. The Morgan fingerprint density at radius 3 is 2.47 bits per heavy atom. The zero-order valence-corrected chi connectivity index (χ0v) is 23.3. The fourth-order valence-electron chi connectivity index (χ4n) is 3.90. The Bertz CT molecular complexity index is 1040. The summed E-state index contributed by atoms with van der Waals surface area (Å²) < 4.78 is 17.4. The first kappa shape index (κ1) is 28.5. The standard InChI is InChI=1S/C25H30ClNO6.Na/c1-6-32-16-8-9-17(20(12-16)31-5)23-18-11-15(26)7-10-19(18)27(14-25(2,3)4)24(30)21(33-23)13-22(28)29;/h7-12,21,23H,6,13-14H2,1-5H3,(H,28,29);/q;+1/p-1/t21-,23-;/m1./s1. The average Bonchev–Trinajstić information content (AvgIpc) is 2.83. The van der Waals surface area contributed by atoms with Crippen molar-refractivity contribution in [3.8, 4) is 11.5 Å². The van der Waals surface area contributed by atoms with Crippen molar-refractivity contribution in [2.75, 3.05) is 25.2 Å². The Morgan fingerprint density at radius 1 is 1.18 bits per heavy atom. The van der Waals surface area contributed by atoms with Gasteiger partial charge in [-0.05, 0) is 42.7 Å². The molecular formula is C25H29ClNNaO6. The topological polar surface area (TPSA) is 88.1 Å². The van der Waals surface area contributed by atoms with Crippen molar-refractivity contribution in [1.29, 1.82) is 0 Å². The molecule has 2 atom stereocenters. The van der Waals surface area contributed by atoms with E-state index in [0.29, 0.717) is 46.5 Å². The number of anilines is 1. The molecule has 0 unspecified atom stereocenters. The summed E-state index contributed by atoms with van der Waals surface area (Å²) in [5.41, 5.74) is 1.62. The maximum absolute atomic E-state index is 13.5. The van der Waals surface area contributed by atoms with Gasteiger partial charge >= 0.3 is 29.6 Å². The first-order valence-corrected chi connectivity index (χ1v) is 11.2. The quantitative estimate of drug-likeness (QED) is 0.525. The summed E-state index contributed by atoms with van der Waals surface area (Å²) >= 11 is 6.35. The maximum Gasteiger partial charge on any atom is 1.00 e. The van der Waals surface area contributed by atoms with Gasteiger partial charge in [0.05, 0.1) is 13.7 Å². The van der Waals surface area contributed by atoms with Gasteiger partial charge in [0, 0.05) is 46.8 Å². The number of methoxy groups -OCH3 is 1. The van der Waals surface area contributed by atoms with Crippen LogP contribution < -0.4 is 49.0 Å². The van der Waals surface area contributed by atoms with E-state index in [4.69, 9.17) is 25.8 Å². The fraction of sp³-hybridized carbons (Fsp3) is 0.440. The van der Waals surface area contributed by atoms with Gasteiger partial charge in [0.2, 0.25) is 0 Å². The minimum atomic E-state index is -1.37.